The third-order valence-corrected chi connectivity index (χ3v) is 3.52. The fraction of sp³-hybridized carbons (Fsp3) is 0. The Balaban J connectivity index is 2.10. The number of aromatic amines is 1. The van der Waals surface area contributed by atoms with Crippen LogP contribution in [-0.2, 0) is 0 Å². The van der Waals surface area contributed by atoms with E-state index in [9.17, 15) is 20.1 Å². The molecular formula is C18H10N4O4. The minimum Gasteiger partial charge on any atom is -0.457 e. The van der Waals surface area contributed by atoms with Gasteiger partial charge in [-0.15, -0.1) is 0 Å². The highest BCUT2D eigenvalue weighted by Gasteiger charge is 2.19. The van der Waals surface area contributed by atoms with Gasteiger partial charge in [-0.3, -0.25) is 4.79 Å². The molecule has 0 amide bonds. The van der Waals surface area contributed by atoms with E-state index < -0.39 is 11.5 Å². The summed E-state index contributed by atoms with van der Waals surface area (Å²) in [5.74, 6) is -0.690. The lowest BCUT2D eigenvalue weighted by Gasteiger charge is -2.10. The Hall–Kier alpha value is -4.30. The molecule has 2 heterocycles. The zero-order chi connectivity index (χ0) is 18.7. The minimum atomic E-state index is -0.711. The number of H-pyrrole nitrogens is 1. The molecule has 3 N–H and O–H groups in total. The maximum Gasteiger partial charge on any atom is 0.379 e. The summed E-state index contributed by atoms with van der Waals surface area (Å²) >= 11 is 0. The lowest BCUT2D eigenvalue weighted by Crippen LogP contribution is -2.16. The van der Waals surface area contributed by atoms with Crippen LogP contribution < -0.4 is 16.0 Å². The van der Waals surface area contributed by atoms with Crippen molar-refractivity contribution in [1.82, 2.24) is 4.98 Å². The van der Waals surface area contributed by atoms with Crippen molar-refractivity contribution in [3.05, 3.63) is 69.9 Å². The molecule has 3 aromatic rings. The van der Waals surface area contributed by atoms with Gasteiger partial charge in [0.1, 0.15) is 34.8 Å². The smallest absolute Gasteiger partial charge is 0.379 e. The van der Waals surface area contributed by atoms with Gasteiger partial charge in [0, 0.05) is 5.56 Å². The zero-order valence-electron chi connectivity index (χ0n) is 13.1. The van der Waals surface area contributed by atoms with Crippen molar-refractivity contribution in [2.24, 2.45) is 0 Å². The predicted octanol–water partition coefficient (Wildman–Crippen LogP) is 2.18. The summed E-state index contributed by atoms with van der Waals surface area (Å²) < 4.78 is 10.2. The average molecular weight is 346 g/mol. The summed E-state index contributed by atoms with van der Waals surface area (Å²) in [5, 5.41) is 18.6. The van der Waals surface area contributed by atoms with Crippen LogP contribution in [0.15, 0.2) is 51.9 Å². The van der Waals surface area contributed by atoms with Crippen LogP contribution in [-0.4, -0.2) is 11.0 Å². The number of hydrogen-bond acceptors (Lipinski definition) is 7. The second-order valence-corrected chi connectivity index (χ2v) is 5.11. The summed E-state index contributed by atoms with van der Waals surface area (Å²) in [5.41, 5.74) is 5.09. The van der Waals surface area contributed by atoms with E-state index in [1.54, 1.807) is 24.3 Å². The third kappa shape index (κ3) is 2.90. The van der Waals surface area contributed by atoms with Crippen molar-refractivity contribution in [1.29, 1.82) is 10.5 Å². The quantitative estimate of drug-likeness (QED) is 0.546. The van der Waals surface area contributed by atoms with Crippen LogP contribution in [0, 0.1) is 22.7 Å². The summed E-state index contributed by atoms with van der Waals surface area (Å²) in [6.45, 7) is 0. The highest BCUT2D eigenvalue weighted by molar-refractivity contribution is 5.88. The molecule has 0 saturated heterocycles. The number of nitrogens with one attached hydrogen (secondary N) is 1. The van der Waals surface area contributed by atoms with E-state index in [-0.39, 0.29) is 34.0 Å². The number of hydrogen-bond donors (Lipinski definition) is 2. The molecule has 0 aliphatic rings. The van der Waals surface area contributed by atoms with Crippen LogP contribution in [0.2, 0.25) is 0 Å². The van der Waals surface area contributed by atoms with Gasteiger partial charge in [0.25, 0.3) is 5.56 Å². The fourth-order valence-electron chi connectivity index (χ4n) is 2.40. The van der Waals surface area contributed by atoms with Gasteiger partial charge < -0.3 is 19.9 Å². The highest BCUT2D eigenvalue weighted by atomic mass is 16.5. The van der Waals surface area contributed by atoms with Crippen molar-refractivity contribution in [3.8, 4) is 29.0 Å². The number of nitrogens with two attached hydrogens (primary N) is 1. The van der Waals surface area contributed by atoms with Gasteiger partial charge in [0.2, 0.25) is 5.76 Å². The number of aromatic nitrogens is 1. The molecule has 2 aromatic heterocycles. The molecular weight excluding hydrogens is 336 g/mol. The van der Waals surface area contributed by atoms with Crippen LogP contribution in [0.3, 0.4) is 0 Å². The van der Waals surface area contributed by atoms with Crippen molar-refractivity contribution in [3.63, 3.8) is 0 Å². The summed E-state index contributed by atoms with van der Waals surface area (Å²) in [4.78, 5) is 26.2. The van der Waals surface area contributed by atoms with Crippen molar-refractivity contribution < 1.29 is 13.9 Å². The molecule has 0 fully saturated rings. The number of carbonyl (C=O) groups excluding carboxylic acids is 1. The second kappa shape index (κ2) is 6.67. The molecule has 0 spiro atoms. The number of benzene rings is 1. The lowest BCUT2D eigenvalue weighted by molar-refractivity contribution is 0.0701. The number of esters is 1. The summed E-state index contributed by atoms with van der Waals surface area (Å²) in [7, 11) is 0. The standard InChI is InChI=1S/C18H10N4O4/c19-8-12-15(13(9-20)17(23)22-16(12)21)10-3-1-4-11(7-10)26-18(24)14-5-2-6-25-14/h1-7H,(H3,21,22,23). The van der Waals surface area contributed by atoms with Gasteiger partial charge >= 0.3 is 5.97 Å². The minimum absolute atomic E-state index is 0.0197. The van der Waals surface area contributed by atoms with E-state index in [1.165, 1.54) is 24.5 Å². The van der Waals surface area contributed by atoms with Gasteiger partial charge in [-0.05, 0) is 29.8 Å². The number of rotatable bonds is 3. The average Bonchev–Trinajstić information content (AvgIpc) is 3.16. The maximum absolute atomic E-state index is 12.0. The zero-order valence-corrected chi connectivity index (χ0v) is 13.1. The molecule has 0 unspecified atom stereocenters. The van der Waals surface area contributed by atoms with E-state index >= 15 is 0 Å². The molecule has 0 saturated carbocycles. The lowest BCUT2D eigenvalue weighted by atomic mass is 9.96. The number of nitriles is 2. The molecule has 1 aromatic carbocycles. The number of nitrogens with zero attached hydrogens (tertiary/aromatic N) is 2. The van der Waals surface area contributed by atoms with Gasteiger partial charge in [-0.1, -0.05) is 12.1 Å². The SMILES string of the molecule is N#Cc1c(N)[nH]c(=O)c(C#N)c1-c1cccc(OC(=O)c2ccco2)c1. The molecule has 8 heteroatoms. The third-order valence-electron chi connectivity index (χ3n) is 3.52. The number of anilines is 1. The number of nitrogen functional groups attached to an aromatic ring is 1. The van der Waals surface area contributed by atoms with E-state index in [1.807, 2.05) is 6.07 Å². The fourth-order valence-corrected chi connectivity index (χ4v) is 2.40. The number of pyridine rings is 1. The molecule has 0 aliphatic carbocycles. The molecule has 26 heavy (non-hydrogen) atoms. The Morgan fingerprint density at radius 1 is 1.15 bits per heavy atom. The summed E-state index contributed by atoms with van der Waals surface area (Å²) in [6, 6.07) is 12.7. The van der Waals surface area contributed by atoms with Crippen molar-refractivity contribution >= 4 is 11.8 Å². The van der Waals surface area contributed by atoms with Gasteiger partial charge in [-0.2, -0.15) is 10.5 Å². The van der Waals surface area contributed by atoms with Crippen LogP contribution in [0.5, 0.6) is 5.75 Å². The Morgan fingerprint density at radius 2 is 1.92 bits per heavy atom. The van der Waals surface area contributed by atoms with Crippen LogP contribution in [0.1, 0.15) is 21.7 Å². The molecule has 126 valence electrons. The Bertz CT molecular complexity index is 1130. The summed E-state index contributed by atoms with van der Waals surface area (Å²) in [6.07, 6.45) is 1.34. The Kier molecular flexibility index (Phi) is 4.25. The maximum atomic E-state index is 12.0. The topological polar surface area (TPSA) is 146 Å². The molecule has 3 rings (SSSR count). The van der Waals surface area contributed by atoms with Crippen LogP contribution in [0.25, 0.3) is 11.1 Å². The normalized spacial score (nSPS) is 9.92. The highest BCUT2D eigenvalue weighted by Crippen LogP contribution is 2.30. The molecule has 8 nitrogen and oxygen atoms in total. The Labute approximate surface area is 146 Å². The second-order valence-electron chi connectivity index (χ2n) is 5.11. The molecule has 0 aliphatic heterocycles. The number of carbonyl (C=O) groups is 1. The molecule has 0 bridgehead atoms. The monoisotopic (exact) mass is 346 g/mol. The molecule has 0 atom stereocenters. The first-order chi connectivity index (χ1) is 12.5. The first-order valence-electron chi connectivity index (χ1n) is 7.27. The van der Waals surface area contributed by atoms with E-state index in [2.05, 4.69) is 4.98 Å². The van der Waals surface area contributed by atoms with Crippen molar-refractivity contribution in [2.75, 3.05) is 5.73 Å². The van der Waals surface area contributed by atoms with Crippen LogP contribution >= 0.6 is 0 Å². The molecule has 0 radical (unpaired) electrons. The largest absolute Gasteiger partial charge is 0.457 e. The van der Waals surface area contributed by atoms with E-state index in [0.29, 0.717) is 5.56 Å². The Morgan fingerprint density at radius 3 is 2.58 bits per heavy atom. The van der Waals surface area contributed by atoms with Gasteiger partial charge in [0.15, 0.2) is 0 Å². The van der Waals surface area contributed by atoms with Gasteiger partial charge in [0.05, 0.1) is 6.26 Å². The predicted molar refractivity (Wildman–Crippen MR) is 90.0 cm³/mol. The van der Waals surface area contributed by atoms with E-state index in [0.717, 1.165) is 0 Å². The number of furan rings is 1. The first-order valence-corrected chi connectivity index (χ1v) is 7.27. The van der Waals surface area contributed by atoms with Gasteiger partial charge in [-0.25, -0.2) is 4.79 Å². The number of ether oxygens (including phenoxy) is 1. The van der Waals surface area contributed by atoms with Crippen molar-refractivity contribution in [2.45, 2.75) is 0 Å². The van der Waals surface area contributed by atoms with Crippen LogP contribution in [0.4, 0.5) is 5.82 Å². The first kappa shape index (κ1) is 16.6. The van der Waals surface area contributed by atoms with E-state index in [4.69, 9.17) is 14.9 Å².